The fourth-order valence-corrected chi connectivity index (χ4v) is 4.99. The molecule has 1 atom stereocenters. The second-order valence-corrected chi connectivity index (χ2v) is 8.05. The Morgan fingerprint density at radius 2 is 1.89 bits per heavy atom. The standard InChI is InChI=1S/C21H25N2O2S.BrH/c1-15-6-4-7-19(16(15)2)22-14-21(24,23-12-5-13-26-20(22)23)17-8-10-18(25-3)11-9-17;/h4,6-11,24H,5,12-14H2,1-3H3;1H/q+1;/p-1. The van der Waals surface area contributed by atoms with E-state index < -0.39 is 5.72 Å². The maximum atomic E-state index is 11.7. The molecule has 0 amide bonds. The number of amidine groups is 1. The zero-order chi connectivity index (χ0) is 18.3. The zero-order valence-electron chi connectivity index (χ0n) is 15.9. The zero-order valence-corrected chi connectivity index (χ0v) is 18.3. The fraction of sp³-hybridized carbons (Fsp3) is 0.381. The molecule has 2 heterocycles. The van der Waals surface area contributed by atoms with Crippen LogP contribution >= 0.6 is 11.8 Å². The number of rotatable bonds is 3. The van der Waals surface area contributed by atoms with Gasteiger partial charge in [0.25, 0.3) is 5.72 Å². The average molecular weight is 449 g/mol. The molecule has 0 fully saturated rings. The quantitative estimate of drug-likeness (QED) is 0.693. The topological polar surface area (TPSA) is 35.7 Å². The van der Waals surface area contributed by atoms with Gasteiger partial charge in [-0.2, -0.15) is 0 Å². The van der Waals surface area contributed by atoms with E-state index in [-0.39, 0.29) is 17.0 Å². The van der Waals surface area contributed by atoms with E-state index in [1.165, 1.54) is 16.8 Å². The van der Waals surface area contributed by atoms with Gasteiger partial charge in [0.15, 0.2) is 6.54 Å². The predicted molar refractivity (Wildman–Crippen MR) is 107 cm³/mol. The molecule has 0 spiro atoms. The first kappa shape index (κ1) is 20.2. The summed E-state index contributed by atoms with van der Waals surface area (Å²) in [6.45, 7) is 5.70. The van der Waals surface area contributed by atoms with Gasteiger partial charge in [0.1, 0.15) is 11.4 Å². The molecule has 0 aromatic heterocycles. The largest absolute Gasteiger partial charge is 1.00 e. The summed E-state index contributed by atoms with van der Waals surface area (Å²) in [5.74, 6) is 1.89. The van der Waals surface area contributed by atoms with Crippen molar-refractivity contribution in [2.75, 3.05) is 30.9 Å². The summed E-state index contributed by atoms with van der Waals surface area (Å²) < 4.78 is 7.45. The van der Waals surface area contributed by atoms with Crippen LogP contribution in [0.5, 0.6) is 5.75 Å². The third-order valence-corrected chi connectivity index (χ3v) is 6.66. The van der Waals surface area contributed by atoms with Crippen LogP contribution in [-0.4, -0.2) is 40.8 Å². The fourth-order valence-electron chi connectivity index (χ4n) is 3.82. The second kappa shape index (κ2) is 7.86. The molecule has 0 radical (unpaired) electrons. The highest BCUT2D eigenvalue weighted by atomic mass is 79.9. The summed E-state index contributed by atoms with van der Waals surface area (Å²) in [6.07, 6.45) is 1.08. The minimum Gasteiger partial charge on any atom is -1.00 e. The Hall–Kier alpha value is -1.50. The first-order valence-corrected chi connectivity index (χ1v) is 10.0. The predicted octanol–water partition coefficient (Wildman–Crippen LogP) is 0.487. The van der Waals surface area contributed by atoms with Crippen LogP contribution in [0.3, 0.4) is 0 Å². The van der Waals surface area contributed by atoms with Crippen molar-refractivity contribution in [1.29, 1.82) is 0 Å². The highest BCUT2D eigenvalue weighted by Crippen LogP contribution is 2.39. The average Bonchev–Trinajstić information content (AvgIpc) is 2.98. The number of aryl methyl sites for hydroxylation is 1. The van der Waals surface area contributed by atoms with E-state index in [1.807, 2.05) is 36.0 Å². The van der Waals surface area contributed by atoms with Crippen molar-refractivity contribution in [3.63, 3.8) is 0 Å². The number of nitrogens with zero attached hydrogens (tertiary/aromatic N) is 2. The third kappa shape index (κ3) is 3.39. The normalized spacial score (nSPS) is 21.7. The van der Waals surface area contributed by atoms with Crippen molar-refractivity contribution in [2.45, 2.75) is 26.0 Å². The van der Waals surface area contributed by atoms with Crippen molar-refractivity contribution in [1.82, 2.24) is 0 Å². The van der Waals surface area contributed by atoms with E-state index in [4.69, 9.17) is 4.74 Å². The van der Waals surface area contributed by atoms with Gasteiger partial charge in [0.2, 0.25) is 0 Å². The molecule has 27 heavy (non-hydrogen) atoms. The highest BCUT2D eigenvalue weighted by molar-refractivity contribution is 8.13. The molecular weight excluding hydrogens is 424 g/mol. The lowest BCUT2D eigenvalue weighted by Crippen LogP contribution is -3.00. The molecule has 6 heteroatoms. The number of thioether (sulfide) groups is 1. The molecule has 1 N–H and O–H groups in total. The van der Waals surface area contributed by atoms with Gasteiger partial charge < -0.3 is 26.8 Å². The second-order valence-electron chi connectivity index (χ2n) is 6.99. The molecule has 2 aromatic carbocycles. The lowest BCUT2D eigenvalue weighted by atomic mass is 10.0. The third-order valence-electron chi connectivity index (χ3n) is 5.46. The number of ether oxygens (including phenoxy) is 1. The Morgan fingerprint density at radius 3 is 2.59 bits per heavy atom. The van der Waals surface area contributed by atoms with Crippen molar-refractivity contribution in [2.24, 2.45) is 0 Å². The molecule has 2 aromatic rings. The molecule has 1 unspecified atom stereocenters. The molecule has 0 saturated heterocycles. The van der Waals surface area contributed by atoms with Gasteiger partial charge in [-0.05, 0) is 73.5 Å². The van der Waals surface area contributed by atoms with Crippen molar-refractivity contribution >= 4 is 22.6 Å². The summed E-state index contributed by atoms with van der Waals surface area (Å²) in [4.78, 5) is 2.29. The van der Waals surface area contributed by atoms with Crippen LogP contribution < -0.4 is 26.6 Å². The van der Waals surface area contributed by atoms with Crippen LogP contribution in [0, 0.1) is 13.8 Å². The number of aliphatic hydroxyl groups is 1. The van der Waals surface area contributed by atoms with Gasteiger partial charge in [0.05, 0.1) is 13.7 Å². The van der Waals surface area contributed by atoms with Crippen LogP contribution in [0.25, 0.3) is 0 Å². The molecule has 2 aliphatic rings. The van der Waals surface area contributed by atoms with Crippen molar-refractivity contribution in [3.8, 4) is 5.75 Å². The van der Waals surface area contributed by atoms with Crippen LogP contribution in [0.1, 0.15) is 23.1 Å². The van der Waals surface area contributed by atoms with Crippen LogP contribution in [-0.2, 0) is 5.72 Å². The molecular formula is C21H25BrN2O2S. The SMILES string of the molecule is COc1ccc(C2(O)CN(c3cccc(C)c3C)C3=[N+]2CCCS3)cc1.[Br-]. The number of hydrogen-bond donors (Lipinski definition) is 1. The minimum absolute atomic E-state index is 0. The van der Waals surface area contributed by atoms with Gasteiger partial charge in [-0.1, -0.05) is 12.1 Å². The Balaban J connectivity index is 0.00000210. The summed E-state index contributed by atoms with van der Waals surface area (Å²) in [5.41, 5.74) is 3.61. The molecule has 0 aliphatic carbocycles. The summed E-state index contributed by atoms with van der Waals surface area (Å²) in [7, 11) is 1.66. The summed E-state index contributed by atoms with van der Waals surface area (Å²) >= 11 is 1.84. The van der Waals surface area contributed by atoms with Gasteiger partial charge >= 0.3 is 5.17 Å². The van der Waals surface area contributed by atoms with Gasteiger partial charge in [0, 0.05) is 11.3 Å². The van der Waals surface area contributed by atoms with Crippen LogP contribution in [0.2, 0.25) is 0 Å². The monoisotopic (exact) mass is 448 g/mol. The maximum absolute atomic E-state index is 11.7. The molecule has 144 valence electrons. The molecule has 4 rings (SSSR count). The number of β-amino-alcohol motifs (C(OH)–C–C–N with tert-alkyl or cyclic N) is 1. The van der Waals surface area contributed by atoms with E-state index in [9.17, 15) is 5.11 Å². The minimum atomic E-state index is -1.02. The number of benzene rings is 2. The Labute approximate surface area is 175 Å². The first-order valence-electron chi connectivity index (χ1n) is 9.02. The molecule has 0 saturated carbocycles. The lowest BCUT2D eigenvalue weighted by Gasteiger charge is -2.24. The van der Waals surface area contributed by atoms with Crippen molar-refractivity contribution < 1.29 is 31.4 Å². The van der Waals surface area contributed by atoms with Crippen LogP contribution in [0.15, 0.2) is 42.5 Å². The maximum Gasteiger partial charge on any atom is 0.316 e. The van der Waals surface area contributed by atoms with Crippen molar-refractivity contribution in [3.05, 3.63) is 59.2 Å². The highest BCUT2D eigenvalue weighted by Gasteiger charge is 2.53. The molecule has 4 nitrogen and oxygen atoms in total. The number of anilines is 1. The molecule has 0 bridgehead atoms. The van der Waals surface area contributed by atoms with Crippen LogP contribution in [0.4, 0.5) is 5.69 Å². The number of hydrogen-bond acceptors (Lipinski definition) is 4. The van der Waals surface area contributed by atoms with E-state index in [2.05, 4.69) is 41.5 Å². The first-order chi connectivity index (χ1) is 12.5. The number of methoxy groups -OCH3 is 1. The number of halogens is 1. The Morgan fingerprint density at radius 1 is 1.15 bits per heavy atom. The molecule has 2 aliphatic heterocycles. The Kier molecular flexibility index (Phi) is 5.89. The van der Waals surface area contributed by atoms with Gasteiger partial charge in [-0.25, -0.2) is 9.48 Å². The summed E-state index contributed by atoms with van der Waals surface area (Å²) in [5, 5.41) is 12.9. The Bertz CT molecular complexity index is 869. The summed E-state index contributed by atoms with van der Waals surface area (Å²) in [6, 6.07) is 14.2. The van der Waals surface area contributed by atoms with Gasteiger partial charge in [-0.15, -0.1) is 0 Å². The van der Waals surface area contributed by atoms with E-state index >= 15 is 0 Å². The van der Waals surface area contributed by atoms with Gasteiger partial charge in [-0.3, -0.25) is 0 Å². The lowest BCUT2D eigenvalue weighted by molar-refractivity contribution is -0.656. The van der Waals surface area contributed by atoms with E-state index in [0.717, 1.165) is 35.2 Å². The van der Waals surface area contributed by atoms with E-state index in [1.54, 1.807) is 7.11 Å². The van der Waals surface area contributed by atoms with E-state index in [0.29, 0.717) is 6.54 Å². The smallest absolute Gasteiger partial charge is 0.316 e.